The van der Waals surface area contributed by atoms with E-state index in [-0.39, 0.29) is 12.0 Å². The summed E-state index contributed by atoms with van der Waals surface area (Å²) in [4.78, 5) is 14.4. The molecule has 1 aromatic rings. The number of nitrogens with zero attached hydrogens (tertiary/aromatic N) is 1. The molecule has 0 saturated carbocycles. The Morgan fingerprint density at radius 1 is 1.40 bits per heavy atom. The first-order valence-electron chi connectivity index (χ1n) is 7.14. The van der Waals surface area contributed by atoms with Crippen LogP contribution in [0.4, 0.5) is 5.69 Å². The van der Waals surface area contributed by atoms with Gasteiger partial charge in [-0.15, -0.1) is 0 Å². The predicted molar refractivity (Wildman–Crippen MR) is 76.0 cm³/mol. The summed E-state index contributed by atoms with van der Waals surface area (Å²) >= 11 is 0. The van der Waals surface area contributed by atoms with Crippen LogP contribution >= 0.6 is 0 Å². The SMILES string of the molecule is CC1CN(C(=O)C2CNc3ccccc3O2)CCCO1. The van der Waals surface area contributed by atoms with Crippen LogP contribution in [0.25, 0.3) is 0 Å². The number of benzene rings is 1. The molecule has 0 radical (unpaired) electrons. The molecule has 1 N–H and O–H groups in total. The molecule has 2 heterocycles. The lowest BCUT2D eigenvalue weighted by molar-refractivity contribution is -0.139. The van der Waals surface area contributed by atoms with Gasteiger partial charge in [0.05, 0.1) is 18.3 Å². The van der Waals surface area contributed by atoms with Crippen LogP contribution in [0.3, 0.4) is 0 Å². The van der Waals surface area contributed by atoms with Gasteiger partial charge >= 0.3 is 0 Å². The van der Waals surface area contributed by atoms with Crippen molar-refractivity contribution in [1.29, 1.82) is 0 Å². The maximum Gasteiger partial charge on any atom is 0.265 e. The van der Waals surface area contributed by atoms with E-state index >= 15 is 0 Å². The van der Waals surface area contributed by atoms with E-state index in [1.54, 1.807) is 0 Å². The molecule has 0 aromatic heterocycles. The second-order valence-electron chi connectivity index (χ2n) is 5.30. The van der Waals surface area contributed by atoms with Crippen LogP contribution in [-0.2, 0) is 9.53 Å². The van der Waals surface area contributed by atoms with E-state index in [0.717, 1.165) is 31.0 Å². The molecule has 0 bridgehead atoms. The van der Waals surface area contributed by atoms with Crippen molar-refractivity contribution in [3.8, 4) is 5.75 Å². The van der Waals surface area contributed by atoms with E-state index in [9.17, 15) is 4.79 Å². The highest BCUT2D eigenvalue weighted by Crippen LogP contribution is 2.28. The number of para-hydroxylation sites is 2. The average molecular weight is 276 g/mol. The molecule has 2 atom stereocenters. The first kappa shape index (κ1) is 13.2. The molecule has 1 saturated heterocycles. The second kappa shape index (κ2) is 5.71. The highest BCUT2D eigenvalue weighted by atomic mass is 16.5. The summed E-state index contributed by atoms with van der Waals surface area (Å²) in [5.41, 5.74) is 0.948. The van der Waals surface area contributed by atoms with Crippen LogP contribution in [-0.4, -0.2) is 49.3 Å². The third-order valence-corrected chi connectivity index (χ3v) is 3.67. The Hall–Kier alpha value is -1.75. The normalized spacial score (nSPS) is 25.9. The summed E-state index contributed by atoms with van der Waals surface area (Å²) in [6.07, 6.45) is 0.521. The fourth-order valence-corrected chi connectivity index (χ4v) is 2.65. The Balaban J connectivity index is 1.69. The van der Waals surface area contributed by atoms with Crippen LogP contribution in [0, 0.1) is 0 Å². The van der Waals surface area contributed by atoms with Crippen molar-refractivity contribution in [2.24, 2.45) is 0 Å². The third kappa shape index (κ3) is 2.72. The average Bonchev–Trinajstić information content (AvgIpc) is 2.70. The molecule has 1 amide bonds. The van der Waals surface area contributed by atoms with Gasteiger partial charge in [0.1, 0.15) is 5.75 Å². The number of amides is 1. The van der Waals surface area contributed by atoms with Crippen molar-refractivity contribution in [1.82, 2.24) is 4.90 Å². The van der Waals surface area contributed by atoms with E-state index in [1.807, 2.05) is 36.1 Å². The predicted octanol–water partition coefficient (Wildman–Crippen LogP) is 1.50. The van der Waals surface area contributed by atoms with E-state index < -0.39 is 6.10 Å². The van der Waals surface area contributed by atoms with Gasteiger partial charge in [-0.3, -0.25) is 4.79 Å². The van der Waals surface area contributed by atoms with Gasteiger partial charge < -0.3 is 19.7 Å². The minimum Gasteiger partial charge on any atom is -0.477 e. The Bertz CT molecular complexity index is 492. The van der Waals surface area contributed by atoms with Gasteiger partial charge in [-0.2, -0.15) is 0 Å². The summed E-state index contributed by atoms with van der Waals surface area (Å²) in [6.45, 7) is 4.62. The zero-order valence-corrected chi connectivity index (χ0v) is 11.7. The van der Waals surface area contributed by atoms with Crippen molar-refractivity contribution in [2.75, 3.05) is 31.6 Å². The molecule has 0 aliphatic carbocycles. The number of ether oxygens (including phenoxy) is 2. The molecule has 20 heavy (non-hydrogen) atoms. The Labute approximate surface area is 118 Å². The van der Waals surface area contributed by atoms with Crippen molar-refractivity contribution in [2.45, 2.75) is 25.6 Å². The number of anilines is 1. The van der Waals surface area contributed by atoms with Gasteiger partial charge in [-0.05, 0) is 25.5 Å². The summed E-state index contributed by atoms with van der Waals surface area (Å²) < 4.78 is 11.4. The van der Waals surface area contributed by atoms with Gasteiger partial charge in [0, 0.05) is 19.7 Å². The van der Waals surface area contributed by atoms with Gasteiger partial charge in [-0.1, -0.05) is 12.1 Å². The molecular weight excluding hydrogens is 256 g/mol. The van der Waals surface area contributed by atoms with Crippen LogP contribution in [0.15, 0.2) is 24.3 Å². The molecule has 2 aliphatic heterocycles. The van der Waals surface area contributed by atoms with Crippen molar-refractivity contribution in [3.63, 3.8) is 0 Å². The Kier molecular flexibility index (Phi) is 3.78. The lowest BCUT2D eigenvalue weighted by Crippen LogP contribution is -2.48. The largest absolute Gasteiger partial charge is 0.477 e. The standard InChI is InChI=1S/C15H20N2O3/c1-11-10-17(7-4-8-19-11)15(18)14-9-16-12-5-2-3-6-13(12)20-14/h2-3,5-6,11,14,16H,4,7-10H2,1H3. The molecule has 5 nitrogen and oxygen atoms in total. The minimum absolute atomic E-state index is 0.0457. The maximum absolute atomic E-state index is 12.6. The highest BCUT2D eigenvalue weighted by Gasteiger charge is 2.31. The molecule has 3 rings (SSSR count). The molecule has 1 aromatic carbocycles. The number of carbonyl (C=O) groups excluding carboxylic acids is 1. The molecule has 108 valence electrons. The zero-order valence-electron chi connectivity index (χ0n) is 11.7. The topological polar surface area (TPSA) is 50.8 Å². The van der Waals surface area contributed by atoms with Gasteiger partial charge in [0.2, 0.25) is 0 Å². The van der Waals surface area contributed by atoms with Crippen molar-refractivity contribution in [3.05, 3.63) is 24.3 Å². The molecule has 5 heteroatoms. The molecule has 0 spiro atoms. The quantitative estimate of drug-likeness (QED) is 0.844. The monoisotopic (exact) mass is 276 g/mol. The van der Waals surface area contributed by atoms with E-state index in [2.05, 4.69) is 5.32 Å². The van der Waals surface area contributed by atoms with Crippen molar-refractivity contribution < 1.29 is 14.3 Å². The Morgan fingerprint density at radius 2 is 2.25 bits per heavy atom. The van der Waals surface area contributed by atoms with Crippen LogP contribution < -0.4 is 10.1 Å². The molecule has 1 fully saturated rings. The van der Waals surface area contributed by atoms with E-state index in [4.69, 9.17) is 9.47 Å². The number of hydrogen-bond donors (Lipinski definition) is 1. The van der Waals surface area contributed by atoms with Gasteiger partial charge in [0.25, 0.3) is 5.91 Å². The molecule has 2 aliphatic rings. The number of rotatable bonds is 1. The number of fused-ring (bicyclic) bond motifs is 1. The summed E-state index contributed by atoms with van der Waals surface area (Å²) in [5, 5.41) is 3.26. The lowest BCUT2D eigenvalue weighted by atomic mass is 10.2. The van der Waals surface area contributed by atoms with E-state index in [1.165, 1.54) is 0 Å². The molecule has 2 unspecified atom stereocenters. The summed E-state index contributed by atoms with van der Waals surface area (Å²) in [7, 11) is 0. The fourth-order valence-electron chi connectivity index (χ4n) is 2.65. The van der Waals surface area contributed by atoms with Crippen LogP contribution in [0.2, 0.25) is 0 Å². The number of carbonyl (C=O) groups is 1. The summed E-state index contributed by atoms with van der Waals surface area (Å²) in [6, 6.07) is 7.70. The van der Waals surface area contributed by atoms with Gasteiger partial charge in [-0.25, -0.2) is 0 Å². The minimum atomic E-state index is -0.449. The van der Waals surface area contributed by atoms with Crippen LogP contribution in [0.5, 0.6) is 5.75 Å². The summed E-state index contributed by atoms with van der Waals surface area (Å²) in [5.74, 6) is 0.792. The smallest absolute Gasteiger partial charge is 0.265 e. The Morgan fingerprint density at radius 3 is 3.15 bits per heavy atom. The number of hydrogen-bond acceptors (Lipinski definition) is 4. The van der Waals surface area contributed by atoms with Crippen LogP contribution in [0.1, 0.15) is 13.3 Å². The second-order valence-corrected chi connectivity index (χ2v) is 5.30. The first-order chi connectivity index (χ1) is 9.74. The lowest BCUT2D eigenvalue weighted by Gasteiger charge is -2.31. The fraction of sp³-hybridized carbons (Fsp3) is 0.533. The van der Waals surface area contributed by atoms with Crippen molar-refractivity contribution >= 4 is 11.6 Å². The maximum atomic E-state index is 12.6. The first-order valence-corrected chi connectivity index (χ1v) is 7.14. The highest BCUT2D eigenvalue weighted by molar-refractivity contribution is 5.83. The van der Waals surface area contributed by atoms with Gasteiger partial charge in [0.15, 0.2) is 6.10 Å². The third-order valence-electron chi connectivity index (χ3n) is 3.67. The number of nitrogens with one attached hydrogen (secondary N) is 1. The zero-order chi connectivity index (χ0) is 13.9. The van der Waals surface area contributed by atoms with E-state index in [0.29, 0.717) is 13.1 Å². The molecular formula is C15H20N2O3.